The van der Waals surface area contributed by atoms with E-state index in [1.54, 1.807) is 6.20 Å². The summed E-state index contributed by atoms with van der Waals surface area (Å²) in [6.45, 7) is 1.93. The van der Waals surface area contributed by atoms with Gasteiger partial charge in [0, 0.05) is 17.6 Å². The lowest BCUT2D eigenvalue weighted by atomic mass is 10.2. The van der Waals surface area contributed by atoms with Crippen LogP contribution in [0.4, 0.5) is 4.39 Å². The van der Waals surface area contributed by atoms with E-state index in [4.69, 9.17) is 0 Å². The molecular formula is C8H7FN2. The third kappa shape index (κ3) is 0.981. The summed E-state index contributed by atoms with van der Waals surface area (Å²) in [5.41, 5.74) is 1.64. The van der Waals surface area contributed by atoms with E-state index in [0.717, 1.165) is 10.9 Å². The van der Waals surface area contributed by atoms with Gasteiger partial charge in [-0.2, -0.15) is 4.39 Å². The van der Waals surface area contributed by atoms with Crippen molar-refractivity contribution in [3.05, 3.63) is 29.8 Å². The number of hydrogen-bond donors (Lipinski definition) is 1. The van der Waals surface area contributed by atoms with Gasteiger partial charge >= 0.3 is 0 Å². The number of halogens is 1. The predicted octanol–water partition coefficient (Wildman–Crippen LogP) is 2.01. The third-order valence-corrected chi connectivity index (χ3v) is 1.57. The number of hydrogen-bond acceptors (Lipinski definition) is 1. The van der Waals surface area contributed by atoms with E-state index in [-0.39, 0.29) is 5.95 Å². The fourth-order valence-corrected chi connectivity index (χ4v) is 1.09. The third-order valence-electron chi connectivity index (χ3n) is 1.57. The van der Waals surface area contributed by atoms with Gasteiger partial charge in [0.05, 0.1) is 0 Å². The highest BCUT2D eigenvalue weighted by molar-refractivity contribution is 5.75. The van der Waals surface area contributed by atoms with E-state index in [1.807, 2.05) is 13.0 Å². The van der Waals surface area contributed by atoms with E-state index in [2.05, 4.69) is 9.97 Å². The molecule has 2 rings (SSSR count). The minimum atomic E-state index is -0.335. The summed E-state index contributed by atoms with van der Waals surface area (Å²) in [4.78, 5) is 6.51. The predicted molar refractivity (Wildman–Crippen MR) is 40.8 cm³/mol. The summed E-state index contributed by atoms with van der Waals surface area (Å²) in [6.07, 6.45) is 1.71. The van der Waals surface area contributed by atoms with Crippen molar-refractivity contribution >= 4 is 11.0 Å². The Bertz CT molecular complexity index is 392. The Balaban J connectivity index is 2.82. The molecule has 3 heteroatoms. The van der Waals surface area contributed by atoms with Crippen LogP contribution in [0.5, 0.6) is 0 Å². The summed E-state index contributed by atoms with van der Waals surface area (Å²) in [7, 11) is 0. The fourth-order valence-electron chi connectivity index (χ4n) is 1.09. The number of pyridine rings is 1. The van der Waals surface area contributed by atoms with E-state index in [0.29, 0.717) is 5.65 Å². The molecule has 0 atom stereocenters. The Morgan fingerprint density at radius 3 is 3.09 bits per heavy atom. The number of nitrogens with zero attached hydrogens (tertiary/aromatic N) is 1. The molecular weight excluding hydrogens is 143 g/mol. The standard InChI is InChI=1S/C8H7FN2/c1-5-2-6-3-7(9)11-8(6)10-4-5/h2-4H,1H3,(H,10,11). The van der Waals surface area contributed by atoms with Crippen LogP contribution in [0.25, 0.3) is 11.0 Å². The Morgan fingerprint density at radius 1 is 1.45 bits per heavy atom. The normalized spacial score (nSPS) is 10.7. The Labute approximate surface area is 63.1 Å². The average molecular weight is 150 g/mol. The fraction of sp³-hybridized carbons (Fsp3) is 0.125. The van der Waals surface area contributed by atoms with Crippen molar-refractivity contribution < 1.29 is 4.39 Å². The van der Waals surface area contributed by atoms with Gasteiger partial charge in [-0.15, -0.1) is 0 Å². The van der Waals surface area contributed by atoms with Crippen LogP contribution in [0, 0.1) is 12.9 Å². The minimum absolute atomic E-state index is 0.335. The number of aryl methyl sites for hydroxylation is 1. The quantitative estimate of drug-likeness (QED) is 0.611. The van der Waals surface area contributed by atoms with Gasteiger partial charge in [0.25, 0.3) is 0 Å². The van der Waals surface area contributed by atoms with Gasteiger partial charge in [0.15, 0.2) is 5.95 Å². The molecule has 0 aromatic carbocycles. The van der Waals surface area contributed by atoms with Crippen molar-refractivity contribution in [2.24, 2.45) is 0 Å². The van der Waals surface area contributed by atoms with Crippen LogP contribution in [0.1, 0.15) is 5.56 Å². The first-order valence-corrected chi connectivity index (χ1v) is 3.36. The van der Waals surface area contributed by atoms with Crippen molar-refractivity contribution in [2.75, 3.05) is 0 Å². The lowest BCUT2D eigenvalue weighted by Crippen LogP contribution is -1.77. The lowest BCUT2D eigenvalue weighted by molar-refractivity contribution is 0.594. The van der Waals surface area contributed by atoms with Crippen LogP contribution in [0.3, 0.4) is 0 Å². The molecule has 0 saturated heterocycles. The zero-order valence-electron chi connectivity index (χ0n) is 6.06. The molecule has 0 aliphatic carbocycles. The molecule has 2 nitrogen and oxygen atoms in total. The van der Waals surface area contributed by atoms with Gasteiger partial charge < -0.3 is 4.98 Å². The molecule has 0 aliphatic heterocycles. The number of H-pyrrole nitrogens is 1. The average Bonchev–Trinajstić information content (AvgIpc) is 2.27. The number of aromatic amines is 1. The molecule has 11 heavy (non-hydrogen) atoms. The largest absolute Gasteiger partial charge is 0.316 e. The second-order valence-electron chi connectivity index (χ2n) is 2.57. The summed E-state index contributed by atoms with van der Waals surface area (Å²) >= 11 is 0. The molecule has 2 aromatic heterocycles. The zero-order valence-corrected chi connectivity index (χ0v) is 6.06. The number of fused-ring (bicyclic) bond motifs is 1. The monoisotopic (exact) mass is 150 g/mol. The molecule has 56 valence electrons. The van der Waals surface area contributed by atoms with E-state index >= 15 is 0 Å². The van der Waals surface area contributed by atoms with Gasteiger partial charge in [-0.25, -0.2) is 4.98 Å². The molecule has 0 unspecified atom stereocenters. The second-order valence-corrected chi connectivity index (χ2v) is 2.57. The SMILES string of the molecule is Cc1cnc2[nH]c(F)cc2c1. The molecule has 0 fully saturated rings. The maximum Gasteiger partial charge on any atom is 0.193 e. The summed E-state index contributed by atoms with van der Waals surface area (Å²) in [6, 6.07) is 3.33. The summed E-state index contributed by atoms with van der Waals surface area (Å²) in [5, 5.41) is 0.822. The Morgan fingerprint density at radius 2 is 2.27 bits per heavy atom. The Hall–Kier alpha value is -1.38. The van der Waals surface area contributed by atoms with Crippen LogP contribution in [0.2, 0.25) is 0 Å². The van der Waals surface area contributed by atoms with Gasteiger partial charge in [-0.1, -0.05) is 0 Å². The highest BCUT2D eigenvalue weighted by atomic mass is 19.1. The molecule has 0 radical (unpaired) electrons. The van der Waals surface area contributed by atoms with Crippen LogP contribution in [-0.2, 0) is 0 Å². The first-order chi connectivity index (χ1) is 5.25. The Kier molecular flexibility index (Phi) is 1.18. The lowest BCUT2D eigenvalue weighted by Gasteiger charge is -1.89. The highest BCUT2D eigenvalue weighted by Crippen LogP contribution is 2.12. The maximum absolute atomic E-state index is 12.6. The number of aromatic nitrogens is 2. The van der Waals surface area contributed by atoms with Gasteiger partial charge in [0.1, 0.15) is 5.65 Å². The minimum Gasteiger partial charge on any atom is -0.316 e. The van der Waals surface area contributed by atoms with Crippen molar-refractivity contribution in [1.82, 2.24) is 9.97 Å². The molecule has 0 amide bonds. The first kappa shape index (κ1) is 6.34. The van der Waals surface area contributed by atoms with Gasteiger partial charge in [-0.05, 0) is 18.6 Å². The van der Waals surface area contributed by atoms with Crippen molar-refractivity contribution in [2.45, 2.75) is 6.92 Å². The maximum atomic E-state index is 12.6. The number of nitrogens with one attached hydrogen (secondary N) is 1. The molecule has 1 N–H and O–H groups in total. The smallest absolute Gasteiger partial charge is 0.193 e. The first-order valence-electron chi connectivity index (χ1n) is 3.36. The second kappa shape index (κ2) is 2.05. The molecule has 2 heterocycles. The van der Waals surface area contributed by atoms with Crippen LogP contribution in [0.15, 0.2) is 18.3 Å². The molecule has 0 spiro atoms. The zero-order chi connectivity index (χ0) is 7.84. The molecule has 0 aliphatic rings. The van der Waals surface area contributed by atoms with E-state index in [9.17, 15) is 4.39 Å². The molecule has 2 aromatic rings. The molecule has 0 bridgehead atoms. The van der Waals surface area contributed by atoms with Crippen molar-refractivity contribution in [3.8, 4) is 0 Å². The van der Waals surface area contributed by atoms with Gasteiger partial charge in [0.2, 0.25) is 0 Å². The van der Waals surface area contributed by atoms with Crippen LogP contribution >= 0.6 is 0 Å². The highest BCUT2D eigenvalue weighted by Gasteiger charge is 1.99. The van der Waals surface area contributed by atoms with Crippen molar-refractivity contribution in [3.63, 3.8) is 0 Å². The summed E-state index contributed by atoms with van der Waals surface area (Å²) in [5.74, 6) is -0.335. The topological polar surface area (TPSA) is 28.7 Å². The van der Waals surface area contributed by atoms with Crippen molar-refractivity contribution in [1.29, 1.82) is 0 Å². The van der Waals surface area contributed by atoms with Crippen LogP contribution in [-0.4, -0.2) is 9.97 Å². The van der Waals surface area contributed by atoms with E-state index < -0.39 is 0 Å². The number of rotatable bonds is 0. The van der Waals surface area contributed by atoms with Crippen LogP contribution < -0.4 is 0 Å². The van der Waals surface area contributed by atoms with E-state index in [1.165, 1.54) is 6.07 Å². The van der Waals surface area contributed by atoms with Gasteiger partial charge in [-0.3, -0.25) is 0 Å². The summed E-state index contributed by atoms with van der Waals surface area (Å²) < 4.78 is 12.6. The molecule has 0 saturated carbocycles.